The van der Waals surface area contributed by atoms with Crippen LogP contribution in [-0.4, -0.2) is 29.2 Å². The van der Waals surface area contributed by atoms with Crippen LogP contribution in [0.15, 0.2) is 36.8 Å². The maximum atomic E-state index is 6.16. The molecule has 0 aromatic carbocycles. The minimum absolute atomic E-state index is 0.0768. The average Bonchev–Trinajstić information content (AvgIpc) is 2.90. The van der Waals surface area contributed by atoms with Gasteiger partial charge in [0.1, 0.15) is 22.7 Å². The van der Waals surface area contributed by atoms with Crippen LogP contribution in [0.1, 0.15) is 6.42 Å². The van der Waals surface area contributed by atoms with Crippen LogP contribution in [0.2, 0.25) is 10.0 Å². The van der Waals surface area contributed by atoms with Crippen LogP contribution in [0, 0.1) is 0 Å². The van der Waals surface area contributed by atoms with Gasteiger partial charge >= 0.3 is 0 Å². The van der Waals surface area contributed by atoms with Gasteiger partial charge in [0.15, 0.2) is 0 Å². The van der Waals surface area contributed by atoms with Crippen molar-refractivity contribution >= 4 is 29.0 Å². The second-order valence-corrected chi connectivity index (χ2v) is 5.40. The number of ether oxygens (including phenoxy) is 1. The van der Waals surface area contributed by atoms with Gasteiger partial charge in [-0.3, -0.25) is 4.98 Å². The summed E-state index contributed by atoms with van der Waals surface area (Å²) in [5.74, 6) is 1.47. The molecule has 0 spiro atoms. The Kier molecular flexibility index (Phi) is 3.94. The predicted molar refractivity (Wildman–Crippen MR) is 79.7 cm³/mol. The van der Waals surface area contributed by atoms with Crippen molar-refractivity contribution in [1.82, 2.24) is 9.97 Å². The van der Waals surface area contributed by atoms with Crippen molar-refractivity contribution in [1.29, 1.82) is 0 Å². The van der Waals surface area contributed by atoms with Crippen molar-refractivity contribution in [2.24, 2.45) is 0 Å². The topological polar surface area (TPSA) is 38.2 Å². The first-order chi connectivity index (χ1) is 9.74. The highest BCUT2D eigenvalue weighted by Gasteiger charge is 2.26. The SMILES string of the molecule is Clc1cnccc1OC1CCN(c2ncccc2Cl)C1. The Morgan fingerprint density at radius 1 is 1.20 bits per heavy atom. The summed E-state index contributed by atoms with van der Waals surface area (Å²) in [6, 6.07) is 5.45. The standard InChI is InChI=1S/C14H13Cl2N3O/c15-11-2-1-5-18-14(11)19-7-4-10(9-19)20-13-3-6-17-8-12(13)16/h1-3,5-6,8,10H,4,7,9H2. The molecule has 0 bridgehead atoms. The van der Waals surface area contributed by atoms with E-state index in [0.29, 0.717) is 15.8 Å². The predicted octanol–water partition coefficient (Wildman–Crippen LogP) is 3.44. The molecule has 6 heteroatoms. The van der Waals surface area contributed by atoms with Crippen LogP contribution in [0.4, 0.5) is 5.82 Å². The lowest BCUT2D eigenvalue weighted by Gasteiger charge is -2.19. The van der Waals surface area contributed by atoms with E-state index in [0.717, 1.165) is 25.3 Å². The third-order valence-corrected chi connectivity index (χ3v) is 3.79. The van der Waals surface area contributed by atoms with E-state index in [1.165, 1.54) is 0 Å². The molecule has 1 aliphatic heterocycles. The number of halogens is 2. The van der Waals surface area contributed by atoms with E-state index in [2.05, 4.69) is 14.9 Å². The fourth-order valence-electron chi connectivity index (χ4n) is 2.26. The Balaban J connectivity index is 1.69. The molecule has 20 heavy (non-hydrogen) atoms. The molecule has 0 N–H and O–H groups in total. The van der Waals surface area contributed by atoms with E-state index in [1.807, 2.05) is 12.1 Å². The number of hydrogen-bond acceptors (Lipinski definition) is 4. The summed E-state index contributed by atoms with van der Waals surface area (Å²) in [4.78, 5) is 10.4. The van der Waals surface area contributed by atoms with Crippen molar-refractivity contribution in [3.05, 3.63) is 46.8 Å². The highest BCUT2D eigenvalue weighted by Crippen LogP contribution is 2.29. The van der Waals surface area contributed by atoms with Gasteiger partial charge < -0.3 is 9.64 Å². The molecule has 1 unspecified atom stereocenters. The van der Waals surface area contributed by atoms with Gasteiger partial charge in [-0.1, -0.05) is 23.2 Å². The molecule has 2 aromatic heterocycles. The molecule has 0 saturated carbocycles. The normalized spacial score (nSPS) is 18.3. The molecular formula is C14H13Cl2N3O. The first-order valence-corrected chi connectivity index (χ1v) is 7.11. The van der Waals surface area contributed by atoms with Crippen LogP contribution < -0.4 is 9.64 Å². The number of aromatic nitrogens is 2. The molecule has 104 valence electrons. The van der Waals surface area contributed by atoms with E-state index in [9.17, 15) is 0 Å². The van der Waals surface area contributed by atoms with E-state index in [-0.39, 0.29) is 6.10 Å². The molecule has 0 aliphatic carbocycles. The van der Waals surface area contributed by atoms with E-state index < -0.39 is 0 Å². The summed E-state index contributed by atoms with van der Waals surface area (Å²) in [5.41, 5.74) is 0. The van der Waals surface area contributed by atoms with E-state index in [4.69, 9.17) is 27.9 Å². The molecule has 3 heterocycles. The van der Waals surface area contributed by atoms with Gasteiger partial charge in [0.05, 0.1) is 11.6 Å². The smallest absolute Gasteiger partial charge is 0.147 e. The molecule has 1 fully saturated rings. The van der Waals surface area contributed by atoms with Crippen molar-refractivity contribution < 1.29 is 4.74 Å². The Hall–Kier alpha value is -1.52. The second-order valence-electron chi connectivity index (χ2n) is 4.59. The molecule has 1 saturated heterocycles. The molecule has 0 amide bonds. The molecule has 3 rings (SSSR count). The molecule has 1 atom stereocenters. The second kappa shape index (κ2) is 5.85. The first kappa shape index (κ1) is 13.5. The Labute approximate surface area is 127 Å². The van der Waals surface area contributed by atoms with Crippen LogP contribution in [-0.2, 0) is 0 Å². The summed E-state index contributed by atoms with van der Waals surface area (Å²) < 4.78 is 5.91. The molecule has 0 radical (unpaired) electrons. The van der Waals surface area contributed by atoms with Crippen LogP contribution >= 0.6 is 23.2 Å². The third-order valence-electron chi connectivity index (χ3n) is 3.21. The minimum atomic E-state index is 0.0768. The van der Waals surface area contributed by atoms with Gasteiger partial charge in [-0.25, -0.2) is 4.98 Å². The lowest BCUT2D eigenvalue weighted by atomic mass is 10.3. The maximum absolute atomic E-state index is 6.16. The summed E-state index contributed by atoms with van der Waals surface area (Å²) in [5, 5.41) is 1.19. The molecule has 2 aromatic rings. The Morgan fingerprint density at radius 3 is 2.90 bits per heavy atom. The summed E-state index contributed by atoms with van der Waals surface area (Å²) in [6.45, 7) is 1.61. The minimum Gasteiger partial charge on any atom is -0.487 e. The van der Waals surface area contributed by atoms with E-state index in [1.54, 1.807) is 24.7 Å². The van der Waals surface area contributed by atoms with Crippen LogP contribution in [0.5, 0.6) is 5.75 Å². The maximum Gasteiger partial charge on any atom is 0.147 e. The lowest BCUT2D eigenvalue weighted by Crippen LogP contribution is -2.25. The summed E-state index contributed by atoms with van der Waals surface area (Å²) in [6.07, 6.45) is 5.98. The van der Waals surface area contributed by atoms with Crippen LogP contribution in [0.25, 0.3) is 0 Å². The number of anilines is 1. The van der Waals surface area contributed by atoms with Crippen LogP contribution in [0.3, 0.4) is 0 Å². The highest BCUT2D eigenvalue weighted by molar-refractivity contribution is 6.33. The van der Waals surface area contributed by atoms with Gasteiger partial charge in [0, 0.05) is 37.6 Å². The van der Waals surface area contributed by atoms with Gasteiger partial charge in [0.25, 0.3) is 0 Å². The Bertz CT molecular complexity index is 608. The van der Waals surface area contributed by atoms with Crippen molar-refractivity contribution in [2.75, 3.05) is 18.0 Å². The highest BCUT2D eigenvalue weighted by atomic mass is 35.5. The zero-order valence-corrected chi connectivity index (χ0v) is 12.2. The van der Waals surface area contributed by atoms with Gasteiger partial charge in [-0.05, 0) is 12.1 Å². The molecule has 4 nitrogen and oxygen atoms in total. The van der Waals surface area contributed by atoms with Crippen molar-refractivity contribution in [2.45, 2.75) is 12.5 Å². The van der Waals surface area contributed by atoms with Crippen molar-refractivity contribution in [3.63, 3.8) is 0 Å². The van der Waals surface area contributed by atoms with Gasteiger partial charge in [0.2, 0.25) is 0 Å². The fourth-order valence-corrected chi connectivity index (χ4v) is 2.67. The quantitative estimate of drug-likeness (QED) is 0.870. The largest absolute Gasteiger partial charge is 0.487 e. The number of hydrogen-bond donors (Lipinski definition) is 0. The summed E-state index contributed by atoms with van der Waals surface area (Å²) >= 11 is 12.2. The molecular weight excluding hydrogens is 297 g/mol. The lowest BCUT2D eigenvalue weighted by molar-refractivity contribution is 0.225. The number of pyridine rings is 2. The van der Waals surface area contributed by atoms with Gasteiger partial charge in [-0.2, -0.15) is 0 Å². The number of rotatable bonds is 3. The Morgan fingerprint density at radius 2 is 2.10 bits per heavy atom. The van der Waals surface area contributed by atoms with Gasteiger partial charge in [-0.15, -0.1) is 0 Å². The monoisotopic (exact) mass is 309 g/mol. The van der Waals surface area contributed by atoms with E-state index >= 15 is 0 Å². The average molecular weight is 310 g/mol. The zero-order valence-electron chi connectivity index (χ0n) is 10.7. The van der Waals surface area contributed by atoms with Crippen molar-refractivity contribution in [3.8, 4) is 5.75 Å². The third kappa shape index (κ3) is 2.81. The number of nitrogens with zero attached hydrogens (tertiary/aromatic N) is 3. The first-order valence-electron chi connectivity index (χ1n) is 6.35. The fraction of sp³-hybridized carbons (Fsp3) is 0.286. The summed E-state index contributed by atoms with van der Waals surface area (Å²) in [7, 11) is 0. The molecule has 1 aliphatic rings. The zero-order chi connectivity index (χ0) is 13.9.